The Morgan fingerprint density at radius 1 is 1.21 bits per heavy atom. The highest BCUT2D eigenvalue weighted by molar-refractivity contribution is 8.26. The summed E-state index contributed by atoms with van der Waals surface area (Å²) in [6.45, 7) is 4.12. The minimum atomic E-state index is -0.426. The molecule has 142 valence electrons. The van der Waals surface area contributed by atoms with Crippen LogP contribution in [0.25, 0.3) is 6.08 Å². The van der Waals surface area contributed by atoms with E-state index in [1.807, 2.05) is 12.1 Å². The van der Waals surface area contributed by atoms with E-state index >= 15 is 0 Å². The zero-order valence-electron chi connectivity index (χ0n) is 14.7. The van der Waals surface area contributed by atoms with Gasteiger partial charge in [0.25, 0.3) is 11.6 Å². The normalized spacial score (nSPS) is 15.1. The SMILES string of the molecule is C=CCN1C(=O)C(=Cc2ccc(OCc3ccccc3[N+](=O)[O-])cc2)SC1=S. The Kier molecular flexibility index (Phi) is 6.23. The Morgan fingerprint density at radius 3 is 2.61 bits per heavy atom. The largest absolute Gasteiger partial charge is 0.489 e. The van der Waals surface area contributed by atoms with Gasteiger partial charge in [0.1, 0.15) is 16.7 Å². The predicted molar refractivity (Wildman–Crippen MR) is 114 cm³/mol. The smallest absolute Gasteiger partial charge is 0.276 e. The van der Waals surface area contributed by atoms with Gasteiger partial charge in [-0.25, -0.2) is 0 Å². The predicted octanol–water partition coefficient (Wildman–Crippen LogP) is 4.56. The highest BCUT2D eigenvalue weighted by Crippen LogP contribution is 2.32. The molecule has 1 amide bonds. The first-order chi connectivity index (χ1) is 13.5. The van der Waals surface area contributed by atoms with Crippen molar-refractivity contribution in [2.24, 2.45) is 0 Å². The van der Waals surface area contributed by atoms with E-state index in [0.29, 0.717) is 27.1 Å². The first-order valence-electron chi connectivity index (χ1n) is 8.31. The van der Waals surface area contributed by atoms with Gasteiger partial charge in [-0.1, -0.05) is 54.3 Å². The van der Waals surface area contributed by atoms with Crippen LogP contribution in [0.5, 0.6) is 5.75 Å². The molecular formula is C20H16N2O4S2. The van der Waals surface area contributed by atoms with Crippen molar-refractivity contribution in [3.05, 3.63) is 87.3 Å². The Morgan fingerprint density at radius 2 is 1.93 bits per heavy atom. The van der Waals surface area contributed by atoms with Gasteiger partial charge in [0, 0.05) is 12.6 Å². The minimum Gasteiger partial charge on any atom is -0.489 e. The van der Waals surface area contributed by atoms with Gasteiger partial charge >= 0.3 is 0 Å². The van der Waals surface area contributed by atoms with Crippen molar-refractivity contribution >= 4 is 46.0 Å². The molecule has 2 aromatic carbocycles. The molecule has 0 saturated carbocycles. The molecule has 0 atom stereocenters. The summed E-state index contributed by atoms with van der Waals surface area (Å²) in [5.41, 5.74) is 1.36. The Balaban J connectivity index is 1.68. The van der Waals surface area contributed by atoms with Gasteiger partial charge in [-0.05, 0) is 29.8 Å². The van der Waals surface area contributed by atoms with Gasteiger partial charge in [0.15, 0.2) is 0 Å². The van der Waals surface area contributed by atoms with Crippen molar-refractivity contribution in [1.82, 2.24) is 4.90 Å². The number of ether oxygens (including phenoxy) is 1. The van der Waals surface area contributed by atoms with E-state index in [1.165, 1.54) is 22.7 Å². The van der Waals surface area contributed by atoms with E-state index in [0.717, 1.165) is 5.56 Å². The van der Waals surface area contributed by atoms with E-state index in [2.05, 4.69) is 6.58 Å². The molecule has 1 aliphatic heterocycles. The standard InChI is InChI=1S/C20H16N2O4S2/c1-2-11-21-19(23)18(28-20(21)27)12-14-7-9-16(10-8-14)26-13-15-5-3-4-6-17(15)22(24)25/h2-10,12H,1,11,13H2. The van der Waals surface area contributed by atoms with Crippen molar-refractivity contribution in [2.75, 3.05) is 6.54 Å². The highest BCUT2D eigenvalue weighted by Gasteiger charge is 2.30. The van der Waals surface area contributed by atoms with Crippen molar-refractivity contribution in [3.63, 3.8) is 0 Å². The maximum Gasteiger partial charge on any atom is 0.276 e. The Bertz CT molecular complexity index is 970. The van der Waals surface area contributed by atoms with Crippen LogP contribution >= 0.6 is 24.0 Å². The lowest BCUT2D eigenvalue weighted by molar-refractivity contribution is -0.385. The molecule has 0 aromatic heterocycles. The fourth-order valence-corrected chi connectivity index (χ4v) is 3.85. The van der Waals surface area contributed by atoms with E-state index in [4.69, 9.17) is 17.0 Å². The lowest BCUT2D eigenvalue weighted by Crippen LogP contribution is -2.27. The molecule has 1 saturated heterocycles. The summed E-state index contributed by atoms with van der Waals surface area (Å²) in [5, 5.41) is 11.1. The molecule has 0 bridgehead atoms. The first kappa shape index (κ1) is 19.8. The Labute approximate surface area is 171 Å². The first-order valence-corrected chi connectivity index (χ1v) is 9.53. The number of nitro groups is 1. The topological polar surface area (TPSA) is 72.7 Å². The fraction of sp³-hybridized carbons (Fsp3) is 0.100. The molecule has 1 aliphatic rings. The van der Waals surface area contributed by atoms with Crippen LogP contribution in [0.2, 0.25) is 0 Å². The maximum absolute atomic E-state index is 12.3. The van der Waals surface area contributed by atoms with Crippen LogP contribution in [0.3, 0.4) is 0 Å². The molecule has 0 spiro atoms. The zero-order chi connectivity index (χ0) is 20.1. The van der Waals surface area contributed by atoms with Gasteiger partial charge < -0.3 is 4.74 Å². The molecule has 0 N–H and O–H groups in total. The second-order valence-electron chi connectivity index (χ2n) is 5.82. The number of rotatable bonds is 7. The summed E-state index contributed by atoms with van der Waals surface area (Å²) < 4.78 is 6.17. The second kappa shape index (κ2) is 8.81. The number of carbonyl (C=O) groups is 1. The number of thiocarbonyl (C=S) groups is 1. The quantitative estimate of drug-likeness (QED) is 0.218. The third kappa shape index (κ3) is 4.47. The van der Waals surface area contributed by atoms with Crippen LogP contribution in [-0.2, 0) is 11.4 Å². The molecule has 1 heterocycles. The monoisotopic (exact) mass is 412 g/mol. The van der Waals surface area contributed by atoms with Crippen molar-refractivity contribution in [3.8, 4) is 5.75 Å². The molecular weight excluding hydrogens is 396 g/mol. The van der Waals surface area contributed by atoms with Crippen LogP contribution in [0, 0.1) is 10.1 Å². The lowest BCUT2D eigenvalue weighted by atomic mass is 10.2. The van der Waals surface area contributed by atoms with Gasteiger partial charge in [0.05, 0.1) is 15.4 Å². The van der Waals surface area contributed by atoms with Crippen molar-refractivity contribution in [1.29, 1.82) is 0 Å². The van der Waals surface area contributed by atoms with E-state index in [9.17, 15) is 14.9 Å². The summed E-state index contributed by atoms with van der Waals surface area (Å²) in [6, 6.07) is 13.6. The van der Waals surface area contributed by atoms with Gasteiger partial charge in [-0.3, -0.25) is 19.8 Å². The number of thioether (sulfide) groups is 1. The van der Waals surface area contributed by atoms with E-state index in [-0.39, 0.29) is 18.2 Å². The number of amides is 1. The summed E-state index contributed by atoms with van der Waals surface area (Å²) in [6.07, 6.45) is 3.41. The van der Waals surface area contributed by atoms with E-state index in [1.54, 1.807) is 42.5 Å². The molecule has 1 fully saturated rings. The molecule has 2 aromatic rings. The number of nitro benzene ring substituents is 1. The number of nitrogens with zero attached hydrogens (tertiary/aromatic N) is 2. The van der Waals surface area contributed by atoms with E-state index < -0.39 is 4.92 Å². The minimum absolute atomic E-state index is 0.0284. The summed E-state index contributed by atoms with van der Waals surface area (Å²) >= 11 is 6.48. The number of hydrogen-bond donors (Lipinski definition) is 0. The number of hydrogen-bond acceptors (Lipinski definition) is 6. The molecule has 8 heteroatoms. The molecule has 28 heavy (non-hydrogen) atoms. The maximum atomic E-state index is 12.3. The zero-order valence-corrected chi connectivity index (χ0v) is 16.4. The molecule has 3 rings (SSSR count). The third-order valence-corrected chi connectivity index (χ3v) is 5.32. The second-order valence-corrected chi connectivity index (χ2v) is 7.50. The van der Waals surface area contributed by atoms with Crippen LogP contribution in [0.15, 0.2) is 66.1 Å². The van der Waals surface area contributed by atoms with Crippen LogP contribution in [0.4, 0.5) is 5.69 Å². The summed E-state index contributed by atoms with van der Waals surface area (Å²) in [5.74, 6) is 0.445. The summed E-state index contributed by atoms with van der Waals surface area (Å²) in [7, 11) is 0. The third-order valence-electron chi connectivity index (χ3n) is 3.95. The number of benzene rings is 2. The molecule has 0 radical (unpaired) electrons. The molecule has 6 nitrogen and oxygen atoms in total. The van der Waals surface area contributed by atoms with Crippen LogP contribution < -0.4 is 4.74 Å². The van der Waals surface area contributed by atoms with Crippen molar-refractivity contribution < 1.29 is 14.5 Å². The van der Waals surface area contributed by atoms with Gasteiger partial charge in [-0.15, -0.1) is 6.58 Å². The number of para-hydroxylation sites is 1. The van der Waals surface area contributed by atoms with Gasteiger partial charge in [-0.2, -0.15) is 0 Å². The fourth-order valence-electron chi connectivity index (χ4n) is 2.57. The average Bonchev–Trinajstić information content (AvgIpc) is 2.95. The average molecular weight is 412 g/mol. The van der Waals surface area contributed by atoms with Crippen LogP contribution in [0.1, 0.15) is 11.1 Å². The van der Waals surface area contributed by atoms with Crippen molar-refractivity contribution in [2.45, 2.75) is 6.61 Å². The highest BCUT2D eigenvalue weighted by atomic mass is 32.2. The van der Waals surface area contributed by atoms with Crippen LogP contribution in [-0.4, -0.2) is 26.6 Å². The summed E-state index contributed by atoms with van der Waals surface area (Å²) in [4.78, 5) is 25.0. The lowest BCUT2D eigenvalue weighted by Gasteiger charge is -2.10. The van der Waals surface area contributed by atoms with Gasteiger partial charge in [0.2, 0.25) is 0 Å². The Hall–Kier alpha value is -2.97. The molecule has 0 unspecified atom stereocenters. The number of carbonyl (C=O) groups excluding carboxylic acids is 1. The molecule has 0 aliphatic carbocycles.